The van der Waals surface area contributed by atoms with E-state index in [1.54, 1.807) is 6.07 Å². The molecule has 2 aromatic heterocycles. The topological polar surface area (TPSA) is 54.7 Å². The van der Waals surface area contributed by atoms with Gasteiger partial charge in [-0.25, -0.2) is 0 Å². The molecular weight excluding hydrogens is 324 g/mol. The first-order valence-electron chi connectivity index (χ1n) is 8.49. The minimum absolute atomic E-state index is 0.00363. The number of thiophene rings is 1. The maximum absolute atomic E-state index is 12.6. The lowest BCUT2D eigenvalue weighted by atomic mass is 9.79. The minimum Gasteiger partial charge on any atom is -0.431 e. The van der Waals surface area contributed by atoms with Crippen LogP contribution in [0.25, 0.3) is 0 Å². The number of ether oxygens (including phenoxy) is 1. The number of nitrogens with one attached hydrogen (secondary N) is 1. The summed E-state index contributed by atoms with van der Waals surface area (Å²) in [5, 5.41) is 3.91. The highest BCUT2D eigenvalue weighted by Gasteiger charge is 2.40. The Balaban J connectivity index is 1.41. The predicted molar refractivity (Wildman–Crippen MR) is 92.9 cm³/mol. The quantitative estimate of drug-likeness (QED) is 0.918. The zero-order valence-electron chi connectivity index (χ0n) is 14.0. The van der Waals surface area contributed by atoms with Gasteiger partial charge in [0.2, 0.25) is 0 Å². The summed E-state index contributed by atoms with van der Waals surface area (Å²) in [7, 11) is 0. The lowest BCUT2D eigenvalue weighted by Crippen LogP contribution is -2.62. The third-order valence-electron chi connectivity index (χ3n) is 5.20. The van der Waals surface area contributed by atoms with E-state index in [4.69, 9.17) is 9.15 Å². The molecule has 0 spiro atoms. The molecular formula is C18H22N2O3S. The fraction of sp³-hybridized carbons (Fsp3) is 0.500. The van der Waals surface area contributed by atoms with Crippen molar-refractivity contribution < 1.29 is 13.9 Å². The van der Waals surface area contributed by atoms with E-state index >= 15 is 0 Å². The predicted octanol–water partition coefficient (Wildman–Crippen LogP) is 3.65. The van der Waals surface area contributed by atoms with Gasteiger partial charge < -0.3 is 14.5 Å². The van der Waals surface area contributed by atoms with Crippen molar-refractivity contribution in [3.8, 4) is 11.0 Å². The van der Waals surface area contributed by atoms with Crippen LogP contribution in [0.4, 0.5) is 0 Å². The number of fused-ring (bicyclic) bond motifs is 3. The molecule has 0 unspecified atom stereocenters. The molecule has 5 rings (SSSR count). The van der Waals surface area contributed by atoms with Crippen molar-refractivity contribution in [2.45, 2.75) is 38.8 Å². The number of rotatable bonds is 4. The molecule has 2 aromatic rings. The minimum atomic E-state index is -0.00363. The van der Waals surface area contributed by atoms with E-state index in [-0.39, 0.29) is 11.9 Å². The van der Waals surface area contributed by atoms with E-state index in [0.717, 1.165) is 18.8 Å². The van der Waals surface area contributed by atoms with Gasteiger partial charge in [0, 0.05) is 18.2 Å². The van der Waals surface area contributed by atoms with Gasteiger partial charge in [-0.05, 0) is 63.9 Å². The molecule has 128 valence electrons. The van der Waals surface area contributed by atoms with Crippen molar-refractivity contribution >= 4 is 17.2 Å². The normalized spacial score (nSPS) is 28.8. The first-order valence-corrected chi connectivity index (χ1v) is 9.31. The van der Waals surface area contributed by atoms with Crippen LogP contribution in [0, 0.1) is 12.8 Å². The van der Waals surface area contributed by atoms with Gasteiger partial charge in [0.25, 0.3) is 11.9 Å². The maximum atomic E-state index is 12.6. The van der Waals surface area contributed by atoms with Crippen molar-refractivity contribution in [1.82, 2.24) is 10.2 Å². The molecule has 5 heterocycles. The van der Waals surface area contributed by atoms with Gasteiger partial charge in [0.15, 0.2) is 5.06 Å². The number of carbonyl (C=O) groups excluding carboxylic acids is 1. The van der Waals surface area contributed by atoms with Crippen LogP contribution in [0.15, 0.2) is 28.7 Å². The van der Waals surface area contributed by atoms with Gasteiger partial charge >= 0.3 is 0 Å². The monoisotopic (exact) mass is 346 g/mol. The second kappa shape index (κ2) is 6.26. The standard InChI is InChI=1S/C18H22N2O3S/c1-11-3-5-15(22-11)23-16-6-4-14(24-16)18(21)19-17-12(2)20-9-7-13(17)8-10-20/h3-6,12-13,17H,7-10H2,1-2H3,(H,19,21)/t12-,17-/m0/s1. The summed E-state index contributed by atoms with van der Waals surface area (Å²) in [6, 6.07) is 7.94. The van der Waals surface area contributed by atoms with Crippen molar-refractivity contribution in [2.24, 2.45) is 5.92 Å². The van der Waals surface area contributed by atoms with Crippen LogP contribution < -0.4 is 10.1 Å². The molecule has 0 saturated carbocycles. The second-order valence-corrected chi connectivity index (χ2v) is 7.75. The largest absolute Gasteiger partial charge is 0.431 e. The molecule has 0 aromatic carbocycles. The first kappa shape index (κ1) is 15.7. The fourth-order valence-corrected chi connectivity index (χ4v) is 4.60. The Labute approximate surface area is 145 Å². The SMILES string of the molecule is Cc1ccc(Oc2ccc(C(=O)N[C@@H]3C4CCN(CC4)[C@H]3C)s2)o1. The van der Waals surface area contributed by atoms with Gasteiger partial charge in [0.1, 0.15) is 5.76 Å². The summed E-state index contributed by atoms with van der Waals surface area (Å²) in [6.07, 6.45) is 2.37. The Morgan fingerprint density at radius 2 is 2.08 bits per heavy atom. The third-order valence-corrected chi connectivity index (χ3v) is 6.16. The lowest BCUT2D eigenvalue weighted by molar-refractivity contribution is 0.0218. The molecule has 0 radical (unpaired) electrons. The summed E-state index contributed by atoms with van der Waals surface area (Å²) in [6.45, 7) is 6.42. The number of amides is 1. The van der Waals surface area contributed by atoms with Crippen LogP contribution in [-0.2, 0) is 0 Å². The average molecular weight is 346 g/mol. The van der Waals surface area contributed by atoms with E-state index in [2.05, 4.69) is 17.1 Å². The number of aryl methyl sites for hydroxylation is 1. The second-order valence-electron chi connectivity index (χ2n) is 6.70. The van der Waals surface area contributed by atoms with Gasteiger partial charge in [-0.15, -0.1) is 0 Å². The number of furan rings is 1. The number of hydrogen-bond donors (Lipinski definition) is 1. The van der Waals surface area contributed by atoms with Crippen LogP contribution in [0.3, 0.4) is 0 Å². The van der Waals surface area contributed by atoms with Crippen LogP contribution in [-0.4, -0.2) is 36.0 Å². The molecule has 3 fully saturated rings. The van der Waals surface area contributed by atoms with E-state index in [0.29, 0.717) is 27.8 Å². The molecule has 1 N–H and O–H groups in total. The molecule has 1 amide bonds. The van der Waals surface area contributed by atoms with Gasteiger partial charge in [-0.3, -0.25) is 9.69 Å². The third kappa shape index (κ3) is 2.96. The maximum Gasteiger partial charge on any atom is 0.290 e. The number of piperidine rings is 3. The van der Waals surface area contributed by atoms with Crippen molar-refractivity contribution in [3.05, 3.63) is 34.9 Å². The molecule has 3 aliphatic heterocycles. The Bertz CT molecular complexity index is 728. The Morgan fingerprint density at radius 1 is 1.29 bits per heavy atom. The zero-order valence-corrected chi connectivity index (χ0v) is 14.8. The van der Waals surface area contributed by atoms with Gasteiger partial charge in [-0.1, -0.05) is 11.3 Å². The Morgan fingerprint density at radius 3 is 2.75 bits per heavy atom. The molecule has 3 saturated heterocycles. The molecule has 0 aliphatic carbocycles. The summed E-state index contributed by atoms with van der Waals surface area (Å²) in [4.78, 5) is 15.8. The molecule has 24 heavy (non-hydrogen) atoms. The molecule has 5 nitrogen and oxygen atoms in total. The van der Waals surface area contributed by atoms with Crippen LogP contribution in [0.1, 0.15) is 35.2 Å². The molecule has 6 heteroatoms. The van der Waals surface area contributed by atoms with Crippen molar-refractivity contribution in [1.29, 1.82) is 0 Å². The van der Waals surface area contributed by atoms with E-state index in [9.17, 15) is 4.79 Å². The highest BCUT2D eigenvalue weighted by Crippen LogP contribution is 2.34. The van der Waals surface area contributed by atoms with E-state index in [1.165, 1.54) is 24.2 Å². The van der Waals surface area contributed by atoms with Gasteiger partial charge in [-0.2, -0.15) is 0 Å². The summed E-state index contributed by atoms with van der Waals surface area (Å²) in [5.74, 6) is 1.86. The molecule has 2 atom stereocenters. The highest BCUT2D eigenvalue weighted by atomic mass is 32.1. The molecule has 2 bridgehead atoms. The number of hydrogen-bond acceptors (Lipinski definition) is 5. The van der Waals surface area contributed by atoms with Crippen LogP contribution >= 0.6 is 11.3 Å². The highest BCUT2D eigenvalue weighted by molar-refractivity contribution is 7.15. The molecule has 3 aliphatic rings. The first-order chi connectivity index (χ1) is 11.6. The fourth-order valence-electron chi connectivity index (χ4n) is 3.83. The number of nitrogens with zero attached hydrogens (tertiary/aromatic N) is 1. The van der Waals surface area contributed by atoms with Crippen molar-refractivity contribution in [2.75, 3.05) is 13.1 Å². The Kier molecular flexibility index (Phi) is 4.10. The zero-order chi connectivity index (χ0) is 16.7. The average Bonchev–Trinajstić information content (AvgIpc) is 3.21. The van der Waals surface area contributed by atoms with E-state index < -0.39 is 0 Å². The smallest absolute Gasteiger partial charge is 0.290 e. The summed E-state index contributed by atoms with van der Waals surface area (Å²) < 4.78 is 11.1. The lowest BCUT2D eigenvalue weighted by Gasteiger charge is -2.49. The number of carbonyl (C=O) groups is 1. The Hall–Kier alpha value is -1.79. The van der Waals surface area contributed by atoms with Crippen LogP contribution in [0.2, 0.25) is 0 Å². The van der Waals surface area contributed by atoms with Gasteiger partial charge in [0.05, 0.1) is 4.88 Å². The summed E-state index contributed by atoms with van der Waals surface area (Å²) >= 11 is 1.35. The van der Waals surface area contributed by atoms with Crippen LogP contribution in [0.5, 0.6) is 11.0 Å². The van der Waals surface area contributed by atoms with E-state index in [1.807, 2.05) is 25.1 Å². The summed E-state index contributed by atoms with van der Waals surface area (Å²) in [5.41, 5.74) is 0. The van der Waals surface area contributed by atoms with Crippen molar-refractivity contribution in [3.63, 3.8) is 0 Å².